The predicted octanol–water partition coefficient (Wildman–Crippen LogP) is 2.69. The standard InChI is InChI=1S/C16H30O7S.H3N.H2O4S/c1-2-3-4-5-6-7-8-9-10-11-12-23-16(19)14(13-15(17)18)24(20,21)22;;1-5(2,3)4/h14H,2-13H2,1H3,(H,17,18)(H,20,21,22);1H3;(H2,1,2,3,4). The number of aliphatic carboxylic acids is 1. The van der Waals surface area contributed by atoms with Gasteiger partial charge in [-0.15, -0.1) is 0 Å². The molecule has 0 bridgehead atoms. The van der Waals surface area contributed by atoms with Gasteiger partial charge in [-0.25, -0.2) is 0 Å². The van der Waals surface area contributed by atoms with E-state index in [9.17, 15) is 18.0 Å². The van der Waals surface area contributed by atoms with Crippen LogP contribution in [0.15, 0.2) is 0 Å². The molecule has 7 N–H and O–H groups in total. The van der Waals surface area contributed by atoms with Crippen molar-refractivity contribution in [3.05, 3.63) is 0 Å². The van der Waals surface area contributed by atoms with E-state index in [2.05, 4.69) is 6.92 Å². The van der Waals surface area contributed by atoms with E-state index in [1.807, 2.05) is 0 Å². The van der Waals surface area contributed by atoms with Gasteiger partial charge in [0.05, 0.1) is 13.0 Å². The lowest BCUT2D eigenvalue weighted by atomic mass is 10.1. The second kappa shape index (κ2) is 18.4. The summed E-state index contributed by atoms with van der Waals surface area (Å²) in [4.78, 5) is 22.1. The highest BCUT2D eigenvalue weighted by molar-refractivity contribution is 7.87. The number of esters is 1. The zero-order chi connectivity index (χ0) is 22.9. The highest BCUT2D eigenvalue weighted by atomic mass is 32.3. The van der Waals surface area contributed by atoms with Gasteiger partial charge < -0.3 is 16.0 Å². The van der Waals surface area contributed by atoms with Crippen molar-refractivity contribution in [3.8, 4) is 0 Å². The molecule has 0 aliphatic heterocycles. The van der Waals surface area contributed by atoms with E-state index in [1.54, 1.807) is 0 Å². The Morgan fingerprint density at radius 3 is 1.50 bits per heavy atom. The molecule has 0 rings (SSSR count). The average molecular weight is 482 g/mol. The van der Waals surface area contributed by atoms with Gasteiger partial charge in [-0.1, -0.05) is 64.7 Å². The first-order valence-electron chi connectivity index (χ1n) is 9.33. The van der Waals surface area contributed by atoms with E-state index >= 15 is 0 Å². The Morgan fingerprint density at radius 2 is 1.17 bits per heavy atom. The van der Waals surface area contributed by atoms with Crippen molar-refractivity contribution in [1.82, 2.24) is 6.15 Å². The number of carboxylic acid groups (broad SMARTS) is 1. The minimum absolute atomic E-state index is 0. The fraction of sp³-hybridized carbons (Fsp3) is 0.875. The molecule has 0 aromatic carbocycles. The summed E-state index contributed by atoms with van der Waals surface area (Å²) in [6.45, 7) is 2.22. The Hall–Kier alpha value is -1.32. The van der Waals surface area contributed by atoms with Crippen LogP contribution in [-0.4, -0.2) is 59.4 Å². The maximum absolute atomic E-state index is 11.6. The highest BCUT2D eigenvalue weighted by Gasteiger charge is 2.34. The van der Waals surface area contributed by atoms with Gasteiger partial charge in [-0.2, -0.15) is 16.8 Å². The SMILES string of the molecule is CCCCCCCCCCCCOC(=O)C(CC(=O)O)S(=O)(=O)O.N.O=S(=O)(O)O. The molecule has 14 heteroatoms. The highest BCUT2D eigenvalue weighted by Crippen LogP contribution is 2.11. The summed E-state index contributed by atoms with van der Waals surface area (Å²) in [6.07, 6.45) is 10.1. The average Bonchev–Trinajstić information content (AvgIpc) is 2.54. The van der Waals surface area contributed by atoms with Gasteiger partial charge in [0.2, 0.25) is 0 Å². The molecule has 0 saturated heterocycles. The molecule has 0 aliphatic carbocycles. The molecule has 0 spiro atoms. The fourth-order valence-corrected chi connectivity index (χ4v) is 2.99. The normalized spacial score (nSPS) is 12.1. The molecule has 0 aromatic heterocycles. The zero-order valence-corrected chi connectivity index (χ0v) is 18.9. The van der Waals surface area contributed by atoms with Crippen molar-refractivity contribution >= 4 is 32.5 Å². The first-order chi connectivity index (χ1) is 13.3. The van der Waals surface area contributed by atoms with Crippen molar-refractivity contribution < 1.29 is 49.9 Å². The Balaban J connectivity index is -0.00000108. The summed E-state index contributed by atoms with van der Waals surface area (Å²) in [6, 6.07) is 0. The van der Waals surface area contributed by atoms with E-state index in [-0.39, 0.29) is 12.8 Å². The Kier molecular flexibility index (Phi) is 20.5. The summed E-state index contributed by atoms with van der Waals surface area (Å²) in [5, 5.41) is 6.52. The third-order valence-corrected chi connectivity index (χ3v) is 4.80. The van der Waals surface area contributed by atoms with E-state index in [0.717, 1.165) is 19.3 Å². The Labute approximate surface area is 178 Å². The molecule has 0 radical (unpaired) electrons. The second-order valence-electron chi connectivity index (χ2n) is 6.40. The molecule has 0 aromatic rings. The maximum Gasteiger partial charge on any atom is 0.394 e. The van der Waals surface area contributed by atoms with Gasteiger partial charge in [0, 0.05) is 0 Å². The van der Waals surface area contributed by atoms with Crippen LogP contribution in [0, 0.1) is 0 Å². The predicted molar refractivity (Wildman–Crippen MR) is 110 cm³/mol. The minimum atomic E-state index is -4.78. The minimum Gasteiger partial charge on any atom is -0.481 e. The fourth-order valence-electron chi connectivity index (χ4n) is 2.32. The third kappa shape index (κ3) is 26.7. The van der Waals surface area contributed by atoms with Gasteiger partial charge >= 0.3 is 22.3 Å². The first-order valence-corrected chi connectivity index (χ1v) is 12.2. The topological polar surface area (TPSA) is 228 Å². The molecule has 0 saturated carbocycles. The van der Waals surface area contributed by atoms with Gasteiger partial charge in [0.1, 0.15) is 0 Å². The van der Waals surface area contributed by atoms with Crippen LogP contribution in [0.4, 0.5) is 0 Å². The van der Waals surface area contributed by atoms with Gasteiger partial charge in [0.25, 0.3) is 10.1 Å². The second-order valence-corrected chi connectivity index (χ2v) is 8.89. The lowest BCUT2D eigenvalue weighted by Crippen LogP contribution is -2.34. The number of carbonyl (C=O) groups is 2. The maximum atomic E-state index is 11.6. The monoisotopic (exact) mass is 481 g/mol. The van der Waals surface area contributed by atoms with Crippen LogP contribution in [0.3, 0.4) is 0 Å². The van der Waals surface area contributed by atoms with Crippen molar-refractivity contribution in [3.63, 3.8) is 0 Å². The molecule has 0 fully saturated rings. The van der Waals surface area contributed by atoms with Crippen LogP contribution >= 0.6 is 0 Å². The van der Waals surface area contributed by atoms with Crippen LogP contribution in [0.5, 0.6) is 0 Å². The molecule has 30 heavy (non-hydrogen) atoms. The van der Waals surface area contributed by atoms with Crippen molar-refractivity contribution in [2.24, 2.45) is 0 Å². The number of carbonyl (C=O) groups excluding carboxylic acids is 1. The largest absolute Gasteiger partial charge is 0.481 e. The molecular weight excluding hydrogens is 446 g/mol. The summed E-state index contributed by atoms with van der Waals surface area (Å²) >= 11 is 0. The number of carboxylic acids is 1. The van der Waals surface area contributed by atoms with E-state index < -0.39 is 44.1 Å². The van der Waals surface area contributed by atoms with E-state index in [1.165, 1.54) is 38.5 Å². The Morgan fingerprint density at radius 1 is 0.800 bits per heavy atom. The van der Waals surface area contributed by atoms with Crippen LogP contribution in [0.2, 0.25) is 0 Å². The number of hydrogen-bond donors (Lipinski definition) is 5. The van der Waals surface area contributed by atoms with Crippen LogP contribution in [-0.2, 0) is 34.8 Å². The molecule has 1 atom stereocenters. The van der Waals surface area contributed by atoms with Gasteiger partial charge in [-0.3, -0.25) is 23.2 Å². The molecule has 1 unspecified atom stereocenters. The van der Waals surface area contributed by atoms with Gasteiger partial charge in [0.15, 0.2) is 5.25 Å². The molecule has 0 aliphatic rings. The molecular formula is C16H35NO11S2. The van der Waals surface area contributed by atoms with Gasteiger partial charge in [-0.05, 0) is 6.42 Å². The van der Waals surface area contributed by atoms with E-state index in [0.29, 0.717) is 6.42 Å². The van der Waals surface area contributed by atoms with Crippen LogP contribution in [0.1, 0.15) is 77.6 Å². The number of unbranched alkanes of at least 4 members (excludes halogenated alkanes) is 9. The smallest absolute Gasteiger partial charge is 0.394 e. The molecule has 182 valence electrons. The van der Waals surface area contributed by atoms with Crippen molar-refractivity contribution in [1.29, 1.82) is 0 Å². The molecule has 0 amide bonds. The van der Waals surface area contributed by atoms with Crippen LogP contribution < -0.4 is 6.15 Å². The van der Waals surface area contributed by atoms with Crippen molar-refractivity contribution in [2.45, 2.75) is 82.8 Å². The summed E-state index contributed by atoms with van der Waals surface area (Å²) in [5.41, 5.74) is 0. The summed E-state index contributed by atoms with van der Waals surface area (Å²) in [7, 11) is -9.45. The first kappa shape index (κ1) is 33.3. The number of ether oxygens (including phenoxy) is 1. The lowest BCUT2D eigenvalue weighted by molar-refractivity contribution is -0.147. The number of hydrogen-bond acceptors (Lipinski definition) is 8. The Bertz CT molecular complexity index is 655. The summed E-state index contributed by atoms with van der Waals surface area (Å²) < 4.78 is 67.2. The van der Waals surface area contributed by atoms with E-state index in [4.69, 9.17) is 31.9 Å². The number of rotatable bonds is 15. The lowest BCUT2D eigenvalue weighted by Gasteiger charge is -2.11. The summed E-state index contributed by atoms with van der Waals surface area (Å²) in [5.74, 6) is -2.70. The third-order valence-electron chi connectivity index (χ3n) is 3.72. The van der Waals surface area contributed by atoms with Crippen LogP contribution in [0.25, 0.3) is 0 Å². The molecule has 0 heterocycles. The van der Waals surface area contributed by atoms with Crippen molar-refractivity contribution in [2.75, 3.05) is 6.61 Å². The zero-order valence-electron chi connectivity index (χ0n) is 17.2. The quantitative estimate of drug-likeness (QED) is 0.129. The molecule has 12 nitrogen and oxygen atoms in total.